The van der Waals surface area contributed by atoms with Gasteiger partial charge >= 0.3 is 0 Å². The van der Waals surface area contributed by atoms with Gasteiger partial charge in [0.05, 0.1) is 0 Å². The lowest BCUT2D eigenvalue weighted by molar-refractivity contribution is 0.123. The molecule has 72 valence electrons. The zero-order valence-corrected chi connectivity index (χ0v) is 9.01. The molecule has 0 bridgehead atoms. The van der Waals surface area contributed by atoms with Crippen molar-refractivity contribution in [2.75, 3.05) is 0 Å². The van der Waals surface area contributed by atoms with Crippen LogP contribution in [0.5, 0.6) is 0 Å². The molecule has 0 heteroatoms. The molecule has 1 rings (SSSR count). The first-order valence-corrected chi connectivity index (χ1v) is 5.21. The molecule has 1 aliphatic rings. The van der Waals surface area contributed by atoms with Crippen LogP contribution in [0.25, 0.3) is 0 Å². The lowest BCUT2D eigenvalue weighted by Gasteiger charge is -2.41. The third-order valence-electron chi connectivity index (χ3n) is 3.40. The maximum absolute atomic E-state index is 5.24. The van der Waals surface area contributed by atoms with Crippen molar-refractivity contribution in [3.63, 3.8) is 0 Å². The summed E-state index contributed by atoms with van der Waals surface area (Å²) in [5.41, 5.74) is 0.436. The van der Waals surface area contributed by atoms with Gasteiger partial charge in [-0.05, 0) is 29.7 Å². The van der Waals surface area contributed by atoms with Crippen molar-refractivity contribution in [1.82, 2.24) is 0 Å². The van der Waals surface area contributed by atoms with Crippen LogP contribution in [0, 0.1) is 29.6 Å². The minimum atomic E-state index is 0.436. The minimum absolute atomic E-state index is 0.436. The predicted molar refractivity (Wildman–Crippen MR) is 58.3 cm³/mol. The van der Waals surface area contributed by atoms with Crippen molar-refractivity contribution in [2.24, 2.45) is 17.3 Å². The summed E-state index contributed by atoms with van der Waals surface area (Å²) in [5.74, 6) is 4.04. The molecule has 0 spiro atoms. The molecule has 13 heavy (non-hydrogen) atoms. The van der Waals surface area contributed by atoms with Crippen LogP contribution in [0.3, 0.4) is 0 Å². The van der Waals surface area contributed by atoms with E-state index in [9.17, 15) is 0 Å². The Morgan fingerprint density at radius 3 is 2.69 bits per heavy atom. The van der Waals surface area contributed by atoms with E-state index in [-0.39, 0.29) is 0 Å². The van der Waals surface area contributed by atoms with Crippen molar-refractivity contribution in [3.05, 3.63) is 12.2 Å². The monoisotopic (exact) mass is 176 g/mol. The van der Waals surface area contributed by atoms with Gasteiger partial charge in [-0.1, -0.05) is 45.6 Å². The Balaban J connectivity index is 2.76. The van der Waals surface area contributed by atoms with Crippen LogP contribution in [0.4, 0.5) is 0 Å². The first kappa shape index (κ1) is 10.4. The molecular weight excluding hydrogens is 156 g/mol. The van der Waals surface area contributed by atoms with Gasteiger partial charge in [-0.15, -0.1) is 6.42 Å². The van der Waals surface area contributed by atoms with Gasteiger partial charge in [-0.2, -0.15) is 0 Å². The molecule has 1 fully saturated rings. The largest absolute Gasteiger partial charge is 0.115 e. The Morgan fingerprint density at radius 2 is 2.15 bits per heavy atom. The first-order valence-electron chi connectivity index (χ1n) is 5.21. The van der Waals surface area contributed by atoms with Gasteiger partial charge in [0.2, 0.25) is 0 Å². The summed E-state index contributed by atoms with van der Waals surface area (Å²) in [4.78, 5) is 0. The van der Waals surface area contributed by atoms with Gasteiger partial charge in [-0.3, -0.25) is 0 Å². The average molecular weight is 176 g/mol. The highest BCUT2D eigenvalue weighted by Gasteiger charge is 2.34. The van der Waals surface area contributed by atoms with Crippen molar-refractivity contribution >= 4 is 0 Å². The molecule has 0 aliphatic heterocycles. The second kappa shape index (κ2) is 4.01. The molecule has 0 aromatic rings. The molecule has 1 saturated carbocycles. The lowest BCUT2D eigenvalue weighted by atomic mass is 9.64. The number of hydrogen-bond donors (Lipinski definition) is 0. The highest BCUT2D eigenvalue weighted by molar-refractivity contribution is 5.12. The molecule has 0 heterocycles. The average Bonchev–Trinajstić information content (AvgIpc) is 2.02. The maximum atomic E-state index is 5.24. The Hall–Kier alpha value is -0.700. The van der Waals surface area contributed by atoms with Crippen LogP contribution in [0.1, 0.15) is 40.0 Å². The molecule has 0 aromatic heterocycles. The Labute approximate surface area is 82.4 Å². The van der Waals surface area contributed by atoms with Gasteiger partial charge < -0.3 is 0 Å². The summed E-state index contributed by atoms with van der Waals surface area (Å²) in [6, 6.07) is 0. The zero-order valence-electron chi connectivity index (χ0n) is 9.01. The van der Waals surface area contributed by atoms with Gasteiger partial charge in [0.25, 0.3) is 0 Å². The van der Waals surface area contributed by atoms with Gasteiger partial charge in [0.15, 0.2) is 0 Å². The standard InChI is InChI=1S/C13H20/c1-5-6-9-12-11(2)8-7-10-13(12,3)4/h1,6,9,11-12H,7-8,10H2,2-4H3/b9-6+. The zero-order chi connectivity index (χ0) is 9.90. The second-order valence-corrected chi connectivity index (χ2v) is 4.91. The fourth-order valence-electron chi connectivity index (χ4n) is 2.61. The molecule has 0 radical (unpaired) electrons. The maximum Gasteiger partial charge on any atom is -0.0147 e. The van der Waals surface area contributed by atoms with Crippen molar-refractivity contribution in [3.8, 4) is 12.3 Å². The van der Waals surface area contributed by atoms with Crippen LogP contribution in [-0.4, -0.2) is 0 Å². The number of rotatable bonds is 1. The molecule has 0 nitrogen and oxygen atoms in total. The van der Waals surface area contributed by atoms with E-state index in [4.69, 9.17) is 6.42 Å². The van der Waals surface area contributed by atoms with E-state index in [1.165, 1.54) is 19.3 Å². The van der Waals surface area contributed by atoms with Gasteiger partial charge in [0.1, 0.15) is 0 Å². The topological polar surface area (TPSA) is 0 Å². The summed E-state index contributed by atoms with van der Waals surface area (Å²) in [5, 5.41) is 0. The van der Waals surface area contributed by atoms with Gasteiger partial charge in [0, 0.05) is 0 Å². The molecule has 0 N–H and O–H groups in total. The molecular formula is C13H20. The van der Waals surface area contributed by atoms with Crippen LogP contribution >= 0.6 is 0 Å². The molecule has 0 saturated heterocycles. The lowest BCUT2D eigenvalue weighted by Crippen LogP contribution is -2.32. The Morgan fingerprint density at radius 1 is 1.46 bits per heavy atom. The van der Waals surface area contributed by atoms with E-state index >= 15 is 0 Å². The number of allylic oxidation sites excluding steroid dienone is 2. The van der Waals surface area contributed by atoms with Crippen molar-refractivity contribution < 1.29 is 0 Å². The summed E-state index contributed by atoms with van der Waals surface area (Å²) in [6.45, 7) is 7.05. The highest BCUT2D eigenvalue weighted by atomic mass is 14.4. The van der Waals surface area contributed by atoms with Gasteiger partial charge in [-0.25, -0.2) is 0 Å². The molecule has 2 atom stereocenters. The van der Waals surface area contributed by atoms with Crippen LogP contribution in [-0.2, 0) is 0 Å². The van der Waals surface area contributed by atoms with E-state index in [1.54, 1.807) is 0 Å². The van der Waals surface area contributed by atoms with Crippen LogP contribution in [0.2, 0.25) is 0 Å². The fraction of sp³-hybridized carbons (Fsp3) is 0.692. The normalized spacial score (nSPS) is 33.1. The molecule has 0 aromatic carbocycles. The minimum Gasteiger partial charge on any atom is -0.115 e. The smallest absolute Gasteiger partial charge is 0.0147 e. The van der Waals surface area contributed by atoms with Crippen molar-refractivity contribution in [1.29, 1.82) is 0 Å². The quantitative estimate of drug-likeness (QED) is 0.535. The fourth-order valence-corrected chi connectivity index (χ4v) is 2.61. The van der Waals surface area contributed by atoms with Crippen LogP contribution < -0.4 is 0 Å². The molecule has 1 aliphatic carbocycles. The number of hydrogen-bond acceptors (Lipinski definition) is 0. The van der Waals surface area contributed by atoms with E-state index < -0.39 is 0 Å². The van der Waals surface area contributed by atoms with E-state index in [0.717, 1.165) is 5.92 Å². The summed E-state index contributed by atoms with van der Waals surface area (Å²) in [6.07, 6.45) is 13.4. The van der Waals surface area contributed by atoms with Crippen LogP contribution in [0.15, 0.2) is 12.2 Å². The third-order valence-corrected chi connectivity index (χ3v) is 3.40. The predicted octanol–water partition coefficient (Wildman–Crippen LogP) is 3.64. The summed E-state index contributed by atoms with van der Waals surface area (Å²) in [7, 11) is 0. The van der Waals surface area contributed by atoms with E-state index in [1.807, 2.05) is 6.08 Å². The van der Waals surface area contributed by atoms with E-state index in [2.05, 4.69) is 32.8 Å². The summed E-state index contributed by atoms with van der Waals surface area (Å²) >= 11 is 0. The third kappa shape index (κ3) is 2.37. The molecule has 0 amide bonds. The first-order chi connectivity index (χ1) is 6.08. The SMILES string of the molecule is C#C/C=C/C1C(C)CCCC1(C)C. The Bertz CT molecular complexity index is 227. The van der Waals surface area contributed by atoms with E-state index in [0.29, 0.717) is 11.3 Å². The van der Waals surface area contributed by atoms with Crippen molar-refractivity contribution in [2.45, 2.75) is 40.0 Å². The number of terminal acetylenes is 1. The highest BCUT2D eigenvalue weighted by Crippen LogP contribution is 2.44. The Kier molecular flexibility index (Phi) is 3.20. The second-order valence-electron chi connectivity index (χ2n) is 4.91. The molecule has 2 unspecified atom stereocenters. The summed E-state index contributed by atoms with van der Waals surface area (Å²) < 4.78 is 0.